The van der Waals surface area contributed by atoms with Crippen LogP contribution >= 0.6 is 11.6 Å². The van der Waals surface area contributed by atoms with Crippen LogP contribution in [0, 0.1) is 5.41 Å². The Morgan fingerprint density at radius 1 is 1.43 bits per heavy atom. The Morgan fingerprint density at radius 2 is 2.10 bits per heavy atom. The summed E-state index contributed by atoms with van der Waals surface area (Å²) in [6, 6.07) is 5.21. The number of aliphatic hydroxyl groups excluding tert-OH is 1. The zero-order valence-corrected chi connectivity index (χ0v) is 13.3. The number of halogens is 1. The molecule has 1 heterocycles. The third-order valence-corrected chi connectivity index (χ3v) is 4.92. The number of piperidine rings is 1. The topological polar surface area (TPSA) is 49.8 Å². The fourth-order valence-electron chi connectivity index (χ4n) is 2.85. The molecule has 1 N–H and O–H groups in total. The Labute approximate surface area is 130 Å². The summed E-state index contributed by atoms with van der Waals surface area (Å²) in [7, 11) is 1.53. The fourth-order valence-corrected chi connectivity index (χ4v) is 3.09. The van der Waals surface area contributed by atoms with Crippen LogP contribution in [0.4, 0.5) is 0 Å². The van der Waals surface area contributed by atoms with Crippen molar-refractivity contribution >= 4 is 17.5 Å². The summed E-state index contributed by atoms with van der Waals surface area (Å²) >= 11 is 6.17. The summed E-state index contributed by atoms with van der Waals surface area (Å²) in [6.45, 7) is 3.55. The first-order chi connectivity index (χ1) is 10.1. The lowest BCUT2D eigenvalue weighted by Gasteiger charge is -2.40. The van der Waals surface area contributed by atoms with Gasteiger partial charge in [-0.25, -0.2) is 0 Å². The average molecular weight is 312 g/mol. The minimum absolute atomic E-state index is 0.0403. The summed E-state index contributed by atoms with van der Waals surface area (Å²) in [5, 5.41) is 9.98. The summed E-state index contributed by atoms with van der Waals surface area (Å²) in [4.78, 5) is 14.5. The zero-order chi connectivity index (χ0) is 15.5. The van der Waals surface area contributed by atoms with Crippen LogP contribution < -0.4 is 4.74 Å². The van der Waals surface area contributed by atoms with E-state index in [4.69, 9.17) is 16.3 Å². The molecule has 21 heavy (non-hydrogen) atoms. The highest BCUT2D eigenvalue weighted by Gasteiger charge is 2.35. The largest absolute Gasteiger partial charge is 0.496 e. The molecule has 4 nitrogen and oxygen atoms in total. The molecule has 1 aliphatic heterocycles. The first kappa shape index (κ1) is 16.1. The van der Waals surface area contributed by atoms with Crippen molar-refractivity contribution in [2.24, 2.45) is 5.41 Å². The number of carbonyl (C=O) groups excluding carboxylic acids is 1. The van der Waals surface area contributed by atoms with E-state index in [-0.39, 0.29) is 17.9 Å². The van der Waals surface area contributed by atoms with Crippen molar-refractivity contribution in [3.63, 3.8) is 0 Å². The van der Waals surface area contributed by atoms with Gasteiger partial charge >= 0.3 is 0 Å². The second-order valence-electron chi connectivity index (χ2n) is 5.62. The number of ether oxygens (including phenoxy) is 1. The van der Waals surface area contributed by atoms with E-state index in [1.165, 1.54) is 7.11 Å². The Balaban J connectivity index is 2.16. The predicted octanol–water partition coefficient (Wildman–Crippen LogP) is 2.97. The van der Waals surface area contributed by atoms with Gasteiger partial charge in [0.05, 0.1) is 12.1 Å². The van der Waals surface area contributed by atoms with Crippen molar-refractivity contribution in [2.45, 2.75) is 26.2 Å². The van der Waals surface area contributed by atoms with Crippen molar-refractivity contribution in [3.05, 3.63) is 28.8 Å². The molecule has 0 bridgehead atoms. The molecule has 1 aromatic carbocycles. The monoisotopic (exact) mass is 311 g/mol. The van der Waals surface area contributed by atoms with E-state index >= 15 is 0 Å². The molecule has 1 saturated heterocycles. The quantitative estimate of drug-likeness (QED) is 0.930. The van der Waals surface area contributed by atoms with Gasteiger partial charge in [-0.3, -0.25) is 4.79 Å². The maximum absolute atomic E-state index is 12.7. The molecular formula is C16H22ClNO3. The van der Waals surface area contributed by atoms with Crippen molar-refractivity contribution in [1.82, 2.24) is 4.90 Å². The van der Waals surface area contributed by atoms with E-state index in [0.717, 1.165) is 19.3 Å². The Hall–Kier alpha value is -1.26. The molecule has 1 amide bonds. The minimum Gasteiger partial charge on any atom is -0.496 e. The number of likely N-dealkylation sites (tertiary alicyclic amines) is 1. The van der Waals surface area contributed by atoms with Gasteiger partial charge in [-0.15, -0.1) is 0 Å². The lowest BCUT2D eigenvalue weighted by atomic mass is 9.77. The maximum atomic E-state index is 12.7. The highest BCUT2D eigenvalue weighted by Crippen LogP contribution is 2.36. The van der Waals surface area contributed by atoms with Crippen LogP contribution in [-0.2, 0) is 0 Å². The minimum atomic E-state index is -0.0971. The number of nitrogens with zero attached hydrogens (tertiary/aromatic N) is 1. The second kappa shape index (κ2) is 6.67. The average Bonchev–Trinajstić information content (AvgIpc) is 2.54. The van der Waals surface area contributed by atoms with E-state index in [2.05, 4.69) is 6.92 Å². The van der Waals surface area contributed by atoms with Gasteiger partial charge in [0.15, 0.2) is 0 Å². The highest BCUT2D eigenvalue weighted by atomic mass is 35.5. The van der Waals surface area contributed by atoms with Crippen LogP contribution in [0.1, 0.15) is 36.5 Å². The molecule has 1 fully saturated rings. The van der Waals surface area contributed by atoms with Crippen LogP contribution in [-0.4, -0.2) is 42.7 Å². The van der Waals surface area contributed by atoms with Gasteiger partial charge in [0, 0.05) is 19.7 Å². The molecule has 0 aliphatic carbocycles. The molecule has 0 saturated carbocycles. The normalized spacial score (nSPS) is 17.6. The number of carbonyl (C=O) groups is 1. The highest BCUT2D eigenvalue weighted by molar-refractivity contribution is 6.34. The predicted molar refractivity (Wildman–Crippen MR) is 83.0 cm³/mol. The van der Waals surface area contributed by atoms with Gasteiger partial charge in [-0.2, -0.15) is 0 Å². The van der Waals surface area contributed by atoms with Gasteiger partial charge in [0.25, 0.3) is 5.91 Å². The Morgan fingerprint density at radius 3 is 2.62 bits per heavy atom. The van der Waals surface area contributed by atoms with Gasteiger partial charge in [-0.1, -0.05) is 24.6 Å². The summed E-state index contributed by atoms with van der Waals surface area (Å²) in [5.41, 5.74) is 0.385. The second-order valence-corrected chi connectivity index (χ2v) is 6.03. The van der Waals surface area contributed by atoms with Gasteiger partial charge < -0.3 is 14.7 Å². The number of benzene rings is 1. The van der Waals surface area contributed by atoms with Gasteiger partial charge in [-0.05, 0) is 36.8 Å². The van der Waals surface area contributed by atoms with Crippen molar-refractivity contribution < 1.29 is 14.6 Å². The molecular weight excluding hydrogens is 290 g/mol. The van der Waals surface area contributed by atoms with Gasteiger partial charge in [0.1, 0.15) is 11.3 Å². The number of hydrogen-bond acceptors (Lipinski definition) is 3. The molecule has 0 spiro atoms. The molecule has 0 aromatic heterocycles. The third kappa shape index (κ3) is 3.16. The number of aliphatic hydroxyl groups is 1. The van der Waals surface area contributed by atoms with Crippen LogP contribution in [0.3, 0.4) is 0 Å². The molecule has 116 valence electrons. The number of methoxy groups -OCH3 is 1. The van der Waals surface area contributed by atoms with Crippen LogP contribution in [0.15, 0.2) is 18.2 Å². The third-order valence-electron chi connectivity index (χ3n) is 4.61. The zero-order valence-electron chi connectivity index (χ0n) is 12.6. The van der Waals surface area contributed by atoms with Crippen LogP contribution in [0.5, 0.6) is 5.75 Å². The maximum Gasteiger partial charge on any atom is 0.259 e. The lowest BCUT2D eigenvalue weighted by Crippen LogP contribution is -2.44. The summed E-state index contributed by atoms with van der Waals surface area (Å²) in [6.07, 6.45) is 2.57. The van der Waals surface area contributed by atoms with Gasteiger partial charge in [0.2, 0.25) is 0 Å². The van der Waals surface area contributed by atoms with E-state index in [0.29, 0.717) is 29.4 Å². The van der Waals surface area contributed by atoms with E-state index in [1.807, 2.05) is 0 Å². The van der Waals surface area contributed by atoms with Crippen molar-refractivity contribution in [2.75, 3.05) is 26.8 Å². The first-order valence-electron chi connectivity index (χ1n) is 7.29. The molecule has 1 aromatic rings. The van der Waals surface area contributed by atoms with Crippen LogP contribution in [0.2, 0.25) is 5.02 Å². The smallest absolute Gasteiger partial charge is 0.259 e. The van der Waals surface area contributed by atoms with Crippen LogP contribution in [0.25, 0.3) is 0 Å². The Kier molecular flexibility index (Phi) is 5.12. The molecule has 5 heteroatoms. The molecule has 2 rings (SSSR count). The summed E-state index contributed by atoms with van der Waals surface area (Å²) in [5.74, 6) is 0.405. The fraction of sp³-hybridized carbons (Fsp3) is 0.562. The Bertz CT molecular complexity index is 504. The van der Waals surface area contributed by atoms with Crippen molar-refractivity contribution in [3.8, 4) is 5.75 Å². The number of rotatable bonds is 4. The van der Waals surface area contributed by atoms with Crippen molar-refractivity contribution in [1.29, 1.82) is 0 Å². The molecule has 0 atom stereocenters. The standard InChI is InChI=1S/C16H22ClNO3/c1-3-16(11-19)7-9-18(10-8-16)15(20)14-12(17)5-4-6-13(14)21-2/h4-6,19H,3,7-11H2,1-2H3. The lowest BCUT2D eigenvalue weighted by molar-refractivity contribution is 0.0336. The molecule has 1 aliphatic rings. The SMILES string of the molecule is CCC1(CO)CCN(C(=O)c2c(Cl)cccc2OC)CC1. The van der Waals surface area contributed by atoms with E-state index in [9.17, 15) is 9.90 Å². The molecule has 0 radical (unpaired) electrons. The molecule has 0 unspecified atom stereocenters. The summed E-state index contributed by atoms with van der Waals surface area (Å²) < 4.78 is 5.25. The van der Waals surface area contributed by atoms with E-state index in [1.54, 1.807) is 23.1 Å². The number of amides is 1. The van der Waals surface area contributed by atoms with E-state index < -0.39 is 0 Å². The first-order valence-corrected chi connectivity index (χ1v) is 7.67. The number of hydrogen-bond donors (Lipinski definition) is 1.